The Kier molecular flexibility index (Phi) is 12.3. The van der Waals surface area contributed by atoms with E-state index < -0.39 is 16.8 Å². The molecule has 0 aromatic carbocycles. The molecule has 1 heterocycles. The van der Waals surface area contributed by atoms with Gasteiger partial charge in [-0.15, -0.1) is 5.73 Å². The molecule has 0 aromatic heterocycles. The highest BCUT2D eigenvalue weighted by Crippen LogP contribution is 2.67. The minimum atomic E-state index is -1.14. The first-order valence-corrected chi connectivity index (χ1v) is 17.1. The highest BCUT2D eigenvalue weighted by Gasteiger charge is 2.76. The van der Waals surface area contributed by atoms with Gasteiger partial charge in [-0.1, -0.05) is 99.6 Å². The van der Waals surface area contributed by atoms with E-state index in [1.165, 1.54) is 7.11 Å². The van der Waals surface area contributed by atoms with Gasteiger partial charge in [0, 0.05) is 18.4 Å². The van der Waals surface area contributed by atoms with E-state index in [9.17, 15) is 19.8 Å². The number of rotatable bonds is 11. The van der Waals surface area contributed by atoms with Gasteiger partial charge in [-0.3, -0.25) is 9.59 Å². The average Bonchev–Trinajstić information content (AvgIpc) is 3.57. The molecule has 2 saturated carbocycles. The van der Waals surface area contributed by atoms with Gasteiger partial charge >= 0.3 is 5.97 Å². The van der Waals surface area contributed by atoms with Gasteiger partial charge in [0.25, 0.3) is 0 Å². The molecule has 0 bridgehead atoms. The first kappa shape index (κ1) is 39.2. The van der Waals surface area contributed by atoms with Gasteiger partial charge in [0.1, 0.15) is 5.60 Å². The zero-order valence-electron chi connectivity index (χ0n) is 31.1. The molecule has 0 unspecified atom stereocenters. The minimum Gasteiger partial charge on any atom is -0.469 e. The van der Waals surface area contributed by atoms with E-state index in [1.807, 2.05) is 115 Å². The van der Waals surface area contributed by atoms with E-state index in [2.05, 4.69) is 19.6 Å². The summed E-state index contributed by atoms with van der Waals surface area (Å²) in [6, 6.07) is 0. The maximum Gasteiger partial charge on any atom is 0.308 e. The molecular formula is C42H58O6. The molecule has 1 saturated heterocycles. The van der Waals surface area contributed by atoms with Gasteiger partial charge in [0.15, 0.2) is 5.78 Å². The summed E-state index contributed by atoms with van der Waals surface area (Å²) < 4.78 is 11.1. The van der Waals surface area contributed by atoms with Crippen LogP contribution in [0.5, 0.6) is 0 Å². The highest BCUT2D eigenvalue weighted by molar-refractivity contribution is 5.96. The number of allylic oxidation sites excluding steroid dienone is 14. The van der Waals surface area contributed by atoms with Crippen molar-refractivity contribution in [2.24, 2.45) is 16.7 Å². The number of hydrogen-bond donors (Lipinski definition) is 2. The van der Waals surface area contributed by atoms with Crippen molar-refractivity contribution in [1.29, 1.82) is 0 Å². The van der Waals surface area contributed by atoms with Gasteiger partial charge in [0.2, 0.25) is 0 Å². The Bertz CT molecular complexity index is 1510. The molecule has 5 atom stereocenters. The lowest BCUT2D eigenvalue weighted by Crippen LogP contribution is -2.48. The van der Waals surface area contributed by atoms with E-state index in [1.54, 1.807) is 6.92 Å². The predicted octanol–water partition coefficient (Wildman–Crippen LogP) is 8.55. The average molecular weight is 659 g/mol. The van der Waals surface area contributed by atoms with Gasteiger partial charge < -0.3 is 19.7 Å². The quantitative estimate of drug-likeness (QED) is 0.0760. The Morgan fingerprint density at radius 1 is 0.833 bits per heavy atom. The zero-order valence-corrected chi connectivity index (χ0v) is 31.1. The van der Waals surface area contributed by atoms with Crippen LogP contribution in [0.25, 0.3) is 0 Å². The van der Waals surface area contributed by atoms with Crippen LogP contribution in [0.4, 0.5) is 0 Å². The van der Waals surface area contributed by atoms with Gasteiger partial charge in [-0.25, -0.2) is 0 Å². The molecule has 0 spiro atoms. The van der Waals surface area contributed by atoms with Crippen molar-refractivity contribution in [3.05, 3.63) is 100 Å². The Morgan fingerprint density at radius 3 is 1.94 bits per heavy atom. The molecule has 0 radical (unpaired) electrons. The first-order chi connectivity index (χ1) is 22.2. The largest absolute Gasteiger partial charge is 0.469 e. The Labute approximate surface area is 289 Å². The van der Waals surface area contributed by atoms with E-state index in [-0.39, 0.29) is 34.6 Å². The summed E-state index contributed by atoms with van der Waals surface area (Å²) in [4.78, 5) is 25.2. The number of aliphatic hydroxyl groups excluding tert-OH is 1. The molecule has 1 aliphatic heterocycles. The summed E-state index contributed by atoms with van der Waals surface area (Å²) in [5.41, 5.74) is 5.26. The first-order valence-electron chi connectivity index (χ1n) is 17.1. The number of epoxide rings is 1. The van der Waals surface area contributed by atoms with Crippen LogP contribution in [0.3, 0.4) is 0 Å². The second-order valence-corrected chi connectivity index (χ2v) is 15.8. The third-order valence-corrected chi connectivity index (χ3v) is 10.4. The molecule has 0 amide bonds. The molecule has 3 aliphatic rings. The molecule has 6 nitrogen and oxygen atoms in total. The number of carbonyl (C=O) groups excluding carboxylic acids is 2. The number of fused-ring (bicyclic) bond motifs is 1. The second kappa shape index (κ2) is 15.1. The van der Waals surface area contributed by atoms with Crippen LogP contribution in [0.15, 0.2) is 100 Å². The Hall–Kier alpha value is -3.28. The SMILES string of the molecule is COC(=O)[C@H]1CC(C)(C)C(=C=C/C(C)=C/C=C/C(C)=C/C=C/C=C(C)/C=C/C=C(\C)C(=O)C[C@@]23O[C@]2(C)C[C@@H](O)CC3(C)C)[C@](C)(O)C1. The van der Waals surface area contributed by atoms with Crippen LogP contribution in [0.2, 0.25) is 0 Å². The van der Waals surface area contributed by atoms with Crippen molar-refractivity contribution in [2.75, 3.05) is 7.11 Å². The number of carbonyl (C=O) groups is 2. The molecule has 2 N–H and O–H groups in total. The van der Waals surface area contributed by atoms with E-state index in [4.69, 9.17) is 9.47 Å². The van der Waals surface area contributed by atoms with Crippen molar-refractivity contribution >= 4 is 11.8 Å². The molecule has 0 aromatic rings. The molecule has 6 heteroatoms. The summed E-state index contributed by atoms with van der Waals surface area (Å²) in [6.07, 6.45) is 23.8. The fourth-order valence-electron chi connectivity index (χ4n) is 7.86. The van der Waals surface area contributed by atoms with Crippen LogP contribution in [-0.4, -0.2) is 52.0 Å². The van der Waals surface area contributed by atoms with Crippen LogP contribution < -0.4 is 0 Å². The van der Waals surface area contributed by atoms with Crippen LogP contribution in [0, 0.1) is 16.7 Å². The van der Waals surface area contributed by atoms with Crippen molar-refractivity contribution in [3.63, 3.8) is 0 Å². The Morgan fingerprint density at radius 2 is 1.40 bits per heavy atom. The van der Waals surface area contributed by atoms with Crippen LogP contribution in [-0.2, 0) is 19.1 Å². The zero-order chi connectivity index (χ0) is 36.1. The third kappa shape index (κ3) is 9.24. The van der Waals surface area contributed by atoms with Crippen molar-refractivity contribution in [2.45, 2.75) is 124 Å². The summed E-state index contributed by atoms with van der Waals surface area (Å²) in [5, 5.41) is 21.4. The Balaban J connectivity index is 1.54. The monoisotopic (exact) mass is 658 g/mol. The summed E-state index contributed by atoms with van der Waals surface area (Å²) in [7, 11) is 1.39. The standard InChI is InChI=1S/C42H58O6/c1-29(18-14-19-31(3)22-23-36-38(5,6)24-33(37(45)47-11)25-40(36,9)46)16-12-13-17-30(2)20-15-21-32(4)35(44)28-42-39(7,8)26-34(43)27-41(42,10)48-42/h12-22,33-34,43,46H,24-28H2,1-11H3/b13-12+,18-14+,20-15+,29-16+,30-17+,31-19+,32-21+/t23?,33-,34-,40+,41+,42-/m0/s1. The van der Waals surface area contributed by atoms with Crippen molar-refractivity contribution in [3.8, 4) is 0 Å². The predicted molar refractivity (Wildman–Crippen MR) is 194 cm³/mol. The molecule has 3 fully saturated rings. The number of hydrogen-bond acceptors (Lipinski definition) is 6. The topological polar surface area (TPSA) is 96.4 Å². The number of esters is 1. The normalized spacial score (nSPS) is 32.4. The number of methoxy groups -OCH3 is 1. The smallest absolute Gasteiger partial charge is 0.308 e. The second-order valence-electron chi connectivity index (χ2n) is 15.8. The molecule has 48 heavy (non-hydrogen) atoms. The lowest BCUT2D eigenvalue weighted by atomic mass is 9.61. The van der Waals surface area contributed by atoms with Gasteiger partial charge in [0.05, 0.1) is 30.3 Å². The highest BCUT2D eigenvalue weighted by atomic mass is 16.6. The maximum absolute atomic E-state index is 13.1. The summed E-state index contributed by atoms with van der Waals surface area (Å²) in [5.74, 6) is -0.529. The fourth-order valence-corrected chi connectivity index (χ4v) is 7.86. The lowest BCUT2D eigenvalue weighted by molar-refractivity contribution is -0.150. The molecule has 262 valence electrons. The molecule has 2 aliphatic carbocycles. The lowest BCUT2D eigenvalue weighted by Gasteiger charge is -2.44. The minimum absolute atomic E-state index is 0.0811. The number of ketones is 1. The molecular weight excluding hydrogens is 600 g/mol. The van der Waals surface area contributed by atoms with Crippen LogP contribution in [0.1, 0.15) is 101 Å². The fraction of sp³-hybridized carbons (Fsp3) is 0.548. The van der Waals surface area contributed by atoms with E-state index in [0.29, 0.717) is 37.7 Å². The van der Waals surface area contributed by atoms with E-state index in [0.717, 1.165) is 22.3 Å². The summed E-state index contributed by atoms with van der Waals surface area (Å²) >= 11 is 0. The number of aliphatic hydroxyl groups is 2. The van der Waals surface area contributed by atoms with Gasteiger partial charge in [-0.2, -0.15) is 0 Å². The molecule has 3 rings (SSSR count). The van der Waals surface area contributed by atoms with Gasteiger partial charge in [-0.05, 0) is 88.9 Å². The third-order valence-electron chi connectivity index (χ3n) is 10.4. The van der Waals surface area contributed by atoms with E-state index >= 15 is 0 Å². The maximum atomic E-state index is 13.1. The number of Topliss-reactive ketones (excluding diaryl/α,β-unsaturated/α-hetero) is 1. The van der Waals surface area contributed by atoms with Crippen LogP contribution >= 0.6 is 0 Å². The van der Waals surface area contributed by atoms with Crippen molar-refractivity contribution < 1.29 is 29.3 Å². The summed E-state index contributed by atoms with van der Waals surface area (Å²) in [6.45, 7) is 19.9. The van der Waals surface area contributed by atoms with Crippen molar-refractivity contribution in [1.82, 2.24) is 0 Å². The number of ether oxygens (including phenoxy) is 2.